The molecular formula is C14H16N2O5. The average Bonchev–Trinajstić information content (AvgIpc) is 2.43. The van der Waals surface area contributed by atoms with Gasteiger partial charge in [0.25, 0.3) is 5.69 Å². The predicted molar refractivity (Wildman–Crippen MR) is 73.9 cm³/mol. The number of piperidine rings is 1. The third kappa shape index (κ3) is 3.01. The number of nitro groups is 1. The Balaban J connectivity index is 2.36. The Bertz CT molecular complexity index is 599. The number of aromatic carboxylic acids is 1. The molecule has 7 nitrogen and oxygen atoms in total. The van der Waals surface area contributed by atoms with E-state index in [1.54, 1.807) is 4.90 Å². The smallest absolute Gasteiger partial charge is 0.343 e. The molecule has 0 aliphatic carbocycles. The molecule has 1 atom stereocenters. The Labute approximate surface area is 121 Å². The van der Waals surface area contributed by atoms with E-state index in [4.69, 9.17) is 0 Å². The highest BCUT2D eigenvalue weighted by Gasteiger charge is 2.29. The molecule has 1 aliphatic rings. The SMILES string of the molecule is CC1CCCN(Cc2cccc([N+](=O)[O-])c2C(=O)O)C1=O. The van der Waals surface area contributed by atoms with Crippen LogP contribution in [0.15, 0.2) is 18.2 Å². The van der Waals surface area contributed by atoms with Crippen LogP contribution in [0.5, 0.6) is 0 Å². The van der Waals surface area contributed by atoms with Crippen LogP contribution in [-0.4, -0.2) is 33.4 Å². The van der Waals surface area contributed by atoms with E-state index in [2.05, 4.69) is 0 Å². The molecule has 1 aromatic carbocycles. The van der Waals surface area contributed by atoms with Crippen LogP contribution in [0.2, 0.25) is 0 Å². The summed E-state index contributed by atoms with van der Waals surface area (Å²) in [6, 6.07) is 4.12. The van der Waals surface area contributed by atoms with Crippen molar-refractivity contribution in [1.29, 1.82) is 0 Å². The normalized spacial score (nSPS) is 18.6. The van der Waals surface area contributed by atoms with Crippen molar-refractivity contribution in [3.8, 4) is 0 Å². The van der Waals surface area contributed by atoms with Gasteiger partial charge >= 0.3 is 5.97 Å². The fourth-order valence-corrected chi connectivity index (χ4v) is 2.61. The molecule has 7 heteroatoms. The molecule has 0 saturated carbocycles. The van der Waals surface area contributed by atoms with Crippen molar-refractivity contribution in [2.24, 2.45) is 5.92 Å². The number of hydrogen-bond donors (Lipinski definition) is 1. The monoisotopic (exact) mass is 292 g/mol. The summed E-state index contributed by atoms with van der Waals surface area (Å²) in [5.41, 5.74) is -0.495. The number of benzene rings is 1. The van der Waals surface area contributed by atoms with Crippen LogP contribution < -0.4 is 0 Å². The van der Waals surface area contributed by atoms with Crippen molar-refractivity contribution in [1.82, 2.24) is 4.90 Å². The second kappa shape index (κ2) is 5.90. The summed E-state index contributed by atoms with van der Waals surface area (Å²) < 4.78 is 0. The molecule has 1 fully saturated rings. The van der Waals surface area contributed by atoms with Crippen LogP contribution in [0.1, 0.15) is 35.7 Å². The van der Waals surface area contributed by atoms with E-state index in [-0.39, 0.29) is 23.9 Å². The van der Waals surface area contributed by atoms with E-state index in [0.717, 1.165) is 18.9 Å². The topological polar surface area (TPSA) is 101 Å². The lowest BCUT2D eigenvalue weighted by atomic mass is 9.97. The molecule has 1 unspecified atom stereocenters. The van der Waals surface area contributed by atoms with Crippen molar-refractivity contribution >= 4 is 17.6 Å². The van der Waals surface area contributed by atoms with Gasteiger partial charge in [-0.3, -0.25) is 14.9 Å². The summed E-state index contributed by atoms with van der Waals surface area (Å²) in [5.74, 6) is -1.48. The molecule has 0 bridgehead atoms. The zero-order chi connectivity index (χ0) is 15.6. The minimum atomic E-state index is -1.35. The Morgan fingerprint density at radius 2 is 2.24 bits per heavy atom. The van der Waals surface area contributed by atoms with E-state index in [1.807, 2.05) is 6.92 Å². The molecule has 1 heterocycles. The van der Waals surface area contributed by atoms with Crippen LogP contribution in [0.3, 0.4) is 0 Å². The Morgan fingerprint density at radius 1 is 1.52 bits per heavy atom. The van der Waals surface area contributed by atoms with E-state index in [0.29, 0.717) is 12.1 Å². The van der Waals surface area contributed by atoms with Gasteiger partial charge in [-0.2, -0.15) is 0 Å². The molecule has 2 rings (SSSR count). The van der Waals surface area contributed by atoms with E-state index >= 15 is 0 Å². The lowest BCUT2D eigenvalue weighted by Crippen LogP contribution is -2.39. The Kier molecular flexibility index (Phi) is 4.21. The molecule has 21 heavy (non-hydrogen) atoms. The maximum absolute atomic E-state index is 12.1. The van der Waals surface area contributed by atoms with Gasteiger partial charge in [-0.25, -0.2) is 4.79 Å². The van der Waals surface area contributed by atoms with Crippen LogP contribution in [0.25, 0.3) is 0 Å². The second-order valence-corrected chi connectivity index (χ2v) is 5.18. The zero-order valence-corrected chi connectivity index (χ0v) is 11.6. The Hall–Kier alpha value is -2.44. The number of carbonyl (C=O) groups excluding carboxylic acids is 1. The number of carboxylic acid groups (broad SMARTS) is 1. The summed E-state index contributed by atoms with van der Waals surface area (Å²) in [6.45, 7) is 2.47. The molecule has 1 aliphatic heterocycles. The van der Waals surface area contributed by atoms with Crippen molar-refractivity contribution in [3.05, 3.63) is 39.4 Å². The number of carbonyl (C=O) groups is 2. The first-order valence-corrected chi connectivity index (χ1v) is 6.70. The van der Waals surface area contributed by atoms with Crippen LogP contribution in [0, 0.1) is 16.0 Å². The van der Waals surface area contributed by atoms with E-state index in [9.17, 15) is 24.8 Å². The highest BCUT2D eigenvalue weighted by atomic mass is 16.6. The number of hydrogen-bond acceptors (Lipinski definition) is 4. The first kappa shape index (κ1) is 15.0. The van der Waals surface area contributed by atoms with Gasteiger partial charge in [0.2, 0.25) is 5.91 Å². The summed E-state index contributed by atoms with van der Waals surface area (Å²) >= 11 is 0. The molecule has 0 aromatic heterocycles. The average molecular weight is 292 g/mol. The fourth-order valence-electron chi connectivity index (χ4n) is 2.61. The molecular weight excluding hydrogens is 276 g/mol. The molecule has 0 spiro atoms. The van der Waals surface area contributed by atoms with Gasteiger partial charge in [-0.15, -0.1) is 0 Å². The number of carboxylic acids is 1. The van der Waals surface area contributed by atoms with Gasteiger partial charge in [-0.05, 0) is 18.4 Å². The maximum atomic E-state index is 12.1. The van der Waals surface area contributed by atoms with E-state index in [1.165, 1.54) is 12.1 Å². The van der Waals surface area contributed by atoms with Crippen molar-refractivity contribution < 1.29 is 19.6 Å². The largest absolute Gasteiger partial charge is 0.477 e. The first-order chi connectivity index (χ1) is 9.91. The van der Waals surface area contributed by atoms with Gasteiger partial charge in [0.1, 0.15) is 5.56 Å². The predicted octanol–water partition coefficient (Wildman–Crippen LogP) is 2.05. The third-order valence-electron chi connectivity index (χ3n) is 3.70. The number of amides is 1. The molecule has 1 aromatic rings. The highest BCUT2D eigenvalue weighted by molar-refractivity contribution is 5.94. The Morgan fingerprint density at radius 3 is 2.86 bits per heavy atom. The number of rotatable bonds is 4. The van der Waals surface area contributed by atoms with Crippen LogP contribution >= 0.6 is 0 Å². The van der Waals surface area contributed by atoms with Crippen molar-refractivity contribution in [3.63, 3.8) is 0 Å². The number of likely N-dealkylation sites (tertiary alicyclic amines) is 1. The summed E-state index contributed by atoms with van der Waals surface area (Å²) in [7, 11) is 0. The van der Waals surface area contributed by atoms with Gasteiger partial charge in [-0.1, -0.05) is 19.1 Å². The summed E-state index contributed by atoms with van der Waals surface area (Å²) in [6.07, 6.45) is 1.67. The van der Waals surface area contributed by atoms with Crippen molar-refractivity contribution in [2.75, 3.05) is 6.54 Å². The van der Waals surface area contributed by atoms with Crippen molar-refractivity contribution in [2.45, 2.75) is 26.3 Å². The first-order valence-electron chi connectivity index (χ1n) is 6.70. The second-order valence-electron chi connectivity index (χ2n) is 5.18. The molecule has 112 valence electrons. The highest BCUT2D eigenvalue weighted by Crippen LogP contribution is 2.26. The van der Waals surface area contributed by atoms with Crippen LogP contribution in [-0.2, 0) is 11.3 Å². The summed E-state index contributed by atoms with van der Waals surface area (Å²) in [4.78, 5) is 35.2. The number of nitro benzene ring substituents is 1. The molecule has 1 N–H and O–H groups in total. The fraction of sp³-hybridized carbons (Fsp3) is 0.429. The lowest BCUT2D eigenvalue weighted by Gasteiger charge is -2.31. The van der Waals surface area contributed by atoms with Gasteiger partial charge < -0.3 is 10.0 Å². The van der Waals surface area contributed by atoms with E-state index < -0.39 is 16.6 Å². The lowest BCUT2D eigenvalue weighted by molar-refractivity contribution is -0.385. The van der Waals surface area contributed by atoms with Gasteiger partial charge in [0, 0.05) is 25.1 Å². The third-order valence-corrected chi connectivity index (χ3v) is 3.70. The zero-order valence-electron chi connectivity index (χ0n) is 11.6. The molecule has 1 amide bonds. The summed E-state index contributed by atoms with van der Waals surface area (Å²) in [5, 5.41) is 20.2. The minimum absolute atomic E-state index is 0.0379. The van der Waals surface area contributed by atoms with Gasteiger partial charge in [0.05, 0.1) is 4.92 Å². The number of nitrogens with zero attached hydrogens (tertiary/aromatic N) is 2. The quantitative estimate of drug-likeness (QED) is 0.676. The van der Waals surface area contributed by atoms with Crippen LogP contribution in [0.4, 0.5) is 5.69 Å². The molecule has 1 saturated heterocycles. The minimum Gasteiger partial charge on any atom is -0.477 e. The molecule has 0 radical (unpaired) electrons. The van der Waals surface area contributed by atoms with Gasteiger partial charge in [0.15, 0.2) is 0 Å². The maximum Gasteiger partial charge on any atom is 0.343 e. The standard InChI is InChI=1S/C14H16N2O5/c1-9-4-3-7-15(13(9)17)8-10-5-2-6-11(16(20)21)12(10)14(18)19/h2,5-6,9H,3-4,7-8H2,1H3,(H,18,19).